The average Bonchev–Trinajstić information content (AvgIpc) is 4.05. The first-order chi connectivity index (χ1) is 27.4. The second-order valence-electron chi connectivity index (χ2n) is 15.6. The van der Waals surface area contributed by atoms with Crippen molar-refractivity contribution in [1.82, 2.24) is 45.4 Å². The molecule has 57 heavy (non-hydrogen) atoms. The molecule has 4 N–H and O–H groups in total. The van der Waals surface area contributed by atoms with Crippen LogP contribution in [0.5, 0.6) is 0 Å². The van der Waals surface area contributed by atoms with Crippen LogP contribution in [0.2, 0.25) is 0 Å². The van der Waals surface area contributed by atoms with E-state index in [9.17, 15) is 19.2 Å². The summed E-state index contributed by atoms with van der Waals surface area (Å²) in [4.78, 5) is 78.2. The molecule has 2 aliphatic heterocycles. The Morgan fingerprint density at radius 3 is 1.81 bits per heavy atom. The van der Waals surface area contributed by atoms with E-state index in [1.165, 1.54) is 14.2 Å². The number of methoxy groups -OCH3 is 2. The highest BCUT2D eigenvalue weighted by atomic mass is 32.1. The molecule has 0 bridgehead atoms. The van der Waals surface area contributed by atoms with E-state index in [-0.39, 0.29) is 35.7 Å². The van der Waals surface area contributed by atoms with Gasteiger partial charge in [0.05, 0.1) is 47.6 Å². The maximum absolute atomic E-state index is 13.7. The van der Waals surface area contributed by atoms with Crippen LogP contribution in [-0.4, -0.2) is 98.1 Å². The summed E-state index contributed by atoms with van der Waals surface area (Å²) in [7, 11) is 2.58. The fourth-order valence-corrected chi connectivity index (χ4v) is 9.38. The van der Waals surface area contributed by atoms with E-state index in [0.29, 0.717) is 18.9 Å². The van der Waals surface area contributed by atoms with E-state index in [2.05, 4.69) is 38.8 Å². The van der Waals surface area contributed by atoms with Crippen LogP contribution < -0.4 is 10.6 Å². The number of imidazole rings is 2. The van der Waals surface area contributed by atoms with Crippen LogP contribution in [0.3, 0.4) is 0 Å². The molecular formula is C41H47N9O6S. The number of carbonyl (C=O) groups is 4. The monoisotopic (exact) mass is 793 g/mol. The summed E-state index contributed by atoms with van der Waals surface area (Å²) in [5.74, 6) is 0.891. The average molecular weight is 794 g/mol. The van der Waals surface area contributed by atoms with Gasteiger partial charge in [-0.1, -0.05) is 39.8 Å². The molecule has 0 radical (unpaired) electrons. The SMILES string of the molecule is COC(=O)N[C@H](C(=O)N1CCC[C@H]1c1nc2c(ccc3cc(-c4cc5ccc6[nH]c([C@@H]7CCCN7C(=O)[C@@H](NC(=O)OC)C(C)C)nc6c5s4)cnc32)[nH]1)C(C)C. The third-order valence-electron chi connectivity index (χ3n) is 11.2. The number of amides is 4. The minimum absolute atomic E-state index is 0.118. The summed E-state index contributed by atoms with van der Waals surface area (Å²) in [6, 6.07) is 10.5. The lowest BCUT2D eigenvalue weighted by atomic mass is 10.0. The maximum atomic E-state index is 13.7. The van der Waals surface area contributed by atoms with Crippen LogP contribution in [0.25, 0.3) is 53.5 Å². The highest BCUT2D eigenvalue weighted by Gasteiger charge is 2.39. The number of rotatable bonds is 9. The van der Waals surface area contributed by atoms with Gasteiger partial charge in [-0.05, 0) is 67.2 Å². The molecule has 6 aromatic rings. The second kappa shape index (κ2) is 15.3. The van der Waals surface area contributed by atoms with Gasteiger partial charge in [-0.15, -0.1) is 11.3 Å². The molecule has 2 aromatic carbocycles. The molecule has 0 spiro atoms. The number of ether oxygens (including phenoxy) is 2. The van der Waals surface area contributed by atoms with Gasteiger partial charge in [0.1, 0.15) is 34.8 Å². The lowest BCUT2D eigenvalue weighted by Crippen LogP contribution is -2.51. The Bertz CT molecular complexity index is 2520. The van der Waals surface area contributed by atoms with Crippen molar-refractivity contribution in [2.45, 2.75) is 77.5 Å². The van der Waals surface area contributed by atoms with Gasteiger partial charge in [0.15, 0.2) is 0 Å². The Kier molecular flexibility index (Phi) is 10.2. The van der Waals surface area contributed by atoms with Crippen molar-refractivity contribution < 1.29 is 28.7 Å². The number of pyridine rings is 1. The molecular weight excluding hydrogens is 747 g/mol. The van der Waals surface area contributed by atoms with E-state index in [1.807, 2.05) is 61.9 Å². The lowest BCUT2D eigenvalue weighted by Gasteiger charge is -2.29. The maximum Gasteiger partial charge on any atom is 0.407 e. The molecule has 6 heterocycles. The molecule has 2 saturated heterocycles. The third kappa shape index (κ3) is 7.00. The number of likely N-dealkylation sites (tertiary alicyclic amines) is 2. The van der Waals surface area contributed by atoms with Crippen LogP contribution in [0.1, 0.15) is 77.1 Å². The molecule has 0 aliphatic carbocycles. The number of benzene rings is 2. The standard InChI is InChI=1S/C41H47N9O6S/c1-20(2)30(47-40(53)55-5)38(51)49-15-7-9-27(49)36-43-25-13-11-22-17-24(19-42-32(22)33(25)45-36)29-18-23-12-14-26-34(35(23)57-29)46-37(44-26)28-10-8-16-50(28)39(52)31(21(3)4)48-41(54)56-6/h11-14,17-21,27-28,30-31H,7-10,15-16H2,1-6H3,(H,43,45)(H,44,46)(H,47,53)(H,48,54)/t27-,28-,30-,31-/m0/s1. The van der Waals surface area contributed by atoms with E-state index in [1.54, 1.807) is 11.3 Å². The highest BCUT2D eigenvalue weighted by molar-refractivity contribution is 7.23. The number of nitrogens with zero attached hydrogens (tertiary/aromatic N) is 5. The summed E-state index contributed by atoms with van der Waals surface area (Å²) < 4.78 is 10.6. The number of nitrogens with one attached hydrogen (secondary N) is 4. The van der Waals surface area contributed by atoms with Crippen molar-refractivity contribution in [3.63, 3.8) is 0 Å². The molecule has 8 rings (SSSR count). The molecule has 0 unspecified atom stereocenters. The zero-order chi connectivity index (χ0) is 40.1. The highest BCUT2D eigenvalue weighted by Crippen LogP contribution is 2.40. The van der Waals surface area contributed by atoms with Gasteiger partial charge in [-0.25, -0.2) is 19.6 Å². The number of H-pyrrole nitrogens is 2. The summed E-state index contributed by atoms with van der Waals surface area (Å²) in [5.41, 5.74) is 5.06. The summed E-state index contributed by atoms with van der Waals surface area (Å²) in [6.45, 7) is 8.76. The van der Waals surface area contributed by atoms with Crippen molar-refractivity contribution in [3.05, 3.63) is 54.2 Å². The van der Waals surface area contributed by atoms with Gasteiger partial charge in [0.25, 0.3) is 0 Å². The normalized spacial score (nSPS) is 18.3. The zero-order valence-electron chi connectivity index (χ0n) is 32.8. The second-order valence-corrected chi connectivity index (χ2v) is 16.6. The minimum atomic E-state index is -0.711. The van der Waals surface area contributed by atoms with E-state index in [4.69, 9.17) is 24.4 Å². The largest absolute Gasteiger partial charge is 0.453 e. The van der Waals surface area contributed by atoms with Crippen molar-refractivity contribution in [1.29, 1.82) is 0 Å². The van der Waals surface area contributed by atoms with Gasteiger partial charge in [0.2, 0.25) is 11.8 Å². The Hall–Kier alpha value is -5.77. The van der Waals surface area contributed by atoms with Crippen LogP contribution >= 0.6 is 11.3 Å². The first-order valence-electron chi connectivity index (χ1n) is 19.5. The van der Waals surface area contributed by atoms with Crippen molar-refractivity contribution in [2.24, 2.45) is 11.8 Å². The molecule has 15 nitrogen and oxygen atoms in total. The number of alkyl carbamates (subject to hydrolysis) is 2. The Balaban J connectivity index is 1.06. The van der Waals surface area contributed by atoms with Gasteiger partial charge >= 0.3 is 12.2 Å². The first kappa shape index (κ1) is 38.1. The quantitative estimate of drug-likeness (QED) is 0.120. The van der Waals surface area contributed by atoms with Crippen LogP contribution in [-0.2, 0) is 19.1 Å². The lowest BCUT2D eigenvalue weighted by molar-refractivity contribution is -0.136. The number of aromatic amines is 2. The van der Waals surface area contributed by atoms with Crippen LogP contribution in [0.15, 0.2) is 42.6 Å². The van der Waals surface area contributed by atoms with E-state index < -0.39 is 24.3 Å². The molecule has 2 aliphatic rings. The molecule has 298 valence electrons. The summed E-state index contributed by atoms with van der Waals surface area (Å²) >= 11 is 1.65. The number of aromatic nitrogens is 5. The van der Waals surface area contributed by atoms with Crippen LogP contribution in [0.4, 0.5) is 9.59 Å². The Labute approximate surface area is 332 Å². The topological polar surface area (TPSA) is 188 Å². The van der Waals surface area contributed by atoms with Gasteiger partial charge in [-0.3, -0.25) is 14.6 Å². The van der Waals surface area contributed by atoms with E-state index in [0.717, 1.165) is 85.0 Å². The summed E-state index contributed by atoms with van der Waals surface area (Å²) in [6.07, 6.45) is 3.80. The molecule has 0 saturated carbocycles. The van der Waals surface area contributed by atoms with Gasteiger partial charge < -0.3 is 39.9 Å². The fraction of sp³-hybridized carbons (Fsp3) is 0.439. The smallest absolute Gasteiger partial charge is 0.407 e. The predicted octanol–water partition coefficient (Wildman–Crippen LogP) is 6.96. The molecule has 2 fully saturated rings. The number of hydrogen-bond donors (Lipinski definition) is 4. The minimum Gasteiger partial charge on any atom is -0.453 e. The third-order valence-corrected chi connectivity index (χ3v) is 12.5. The molecule has 4 amide bonds. The zero-order valence-corrected chi connectivity index (χ0v) is 33.7. The van der Waals surface area contributed by atoms with E-state index >= 15 is 0 Å². The molecule has 4 aromatic heterocycles. The molecule has 16 heteroatoms. The Morgan fingerprint density at radius 1 is 0.737 bits per heavy atom. The Morgan fingerprint density at radius 2 is 1.26 bits per heavy atom. The summed E-state index contributed by atoms with van der Waals surface area (Å²) in [5, 5.41) is 7.43. The van der Waals surface area contributed by atoms with Crippen molar-refractivity contribution in [3.8, 4) is 10.4 Å². The van der Waals surface area contributed by atoms with Crippen LogP contribution in [0, 0.1) is 11.8 Å². The number of thiophene rings is 1. The van der Waals surface area contributed by atoms with Crippen molar-refractivity contribution >= 4 is 78.4 Å². The molecule has 4 atom stereocenters. The number of carbonyl (C=O) groups excluding carboxylic acids is 4. The number of fused-ring (bicyclic) bond motifs is 6. The fourth-order valence-electron chi connectivity index (χ4n) is 8.25. The van der Waals surface area contributed by atoms with Crippen molar-refractivity contribution in [2.75, 3.05) is 27.3 Å². The van der Waals surface area contributed by atoms with Gasteiger partial charge in [-0.2, -0.15) is 0 Å². The predicted molar refractivity (Wildman–Crippen MR) is 218 cm³/mol. The first-order valence-corrected chi connectivity index (χ1v) is 20.3. The van der Waals surface area contributed by atoms with Gasteiger partial charge in [0, 0.05) is 35.1 Å². The number of hydrogen-bond acceptors (Lipinski definition) is 10.